The third-order valence-electron chi connectivity index (χ3n) is 4.96. The Hall–Kier alpha value is -2.84. The number of likely N-dealkylation sites (N-methyl/N-ethyl adjacent to an activating group) is 1. The second kappa shape index (κ2) is 9.58. The lowest BCUT2D eigenvalue weighted by atomic mass is 10.2. The van der Waals surface area contributed by atoms with Gasteiger partial charge in [-0.15, -0.1) is 0 Å². The van der Waals surface area contributed by atoms with Gasteiger partial charge < -0.3 is 19.9 Å². The van der Waals surface area contributed by atoms with Gasteiger partial charge in [-0.25, -0.2) is 0 Å². The Morgan fingerprint density at radius 1 is 1.28 bits per heavy atom. The van der Waals surface area contributed by atoms with Crippen LogP contribution in [0.1, 0.15) is 6.92 Å². The Balaban J connectivity index is 1.67. The number of nitrogens with one attached hydrogen (secondary N) is 2. The van der Waals surface area contributed by atoms with Crippen LogP contribution < -0.4 is 19.9 Å². The second-order valence-corrected chi connectivity index (χ2v) is 7.25. The van der Waals surface area contributed by atoms with Crippen LogP contribution in [0.15, 0.2) is 42.5 Å². The van der Waals surface area contributed by atoms with Crippen LogP contribution in [0.25, 0.3) is 0 Å². The van der Waals surface area contributed by atoms with Crippen LogP contribution in [-0.2, 0) is 4.79 Å². The fourth-order valence-corrected chi connectivity index (χ4v) is 3.53. The molecule has 0 aliphatic carbocycles. The summed E-state index contributed by atoms with van der Waals surface area (Å²) in [7, 11) is 0. The smallest absolute Gasteiger partial charge is 0.310 e. The molecule has 2 aromatic rings. The molecule has 0 bridgehead atoms. The molecule has 0 aromatic heterocycles. The number of nitrogens with zero attached hydrogens (tertiary/aromatic N) is 2. The van der Waals surface area contributed by atoms with E-state index in [2.05, 4.69) is 17.1 Å². The number of rotatable bonds is 7. The first-order valence-electron chi connectivity index (χ1n) is 9.52. The minimum atomic E-state index is -0.541. The maximum absolute atomic E-state index is 12.4. The summed E-state index contributed by atoms with van der Waals surface area (Å²) in [5.41, 5.74) is 1.33. The first-order valence-corrected chi connectivity index (χ1v) is 9.90. The number of carbonyl (C=O) groups excluding carboxylic acids is 1. The van der Waals surface area contributed by atoms with Crippen LogP contribution in [0.2, 0.25) is 5.02 Å². The van der Waals surface area contributed by atoms with Crippen molar-refractivity contribution in [1.82, 2.24) is 0 Å². The normalized spacial score (nSPS) is 14.5. The highest BCUT2D eigenvalue weighted by molar-refractivity contribution is 6.31. The Labute approximate surface area is 174 Å². The molecule has 9 heteroatoms. The largest absolute Gasteiger partial charge is 0.477 e. The van der Waals surface area contributed by atoms with Crippen LogP contribution in [-0.4, -0.2) is 50.2 Å². The fraction of sp³-hybridized carbons (Fsp3) is 0.350. The number of hydrogen-bond donors (Lipinski definition) is 2. The zero-order valence-corrected chi connectivity index (χ0v) is 16.9. The molecule has 3 rings (SSSR count). The lowest BCUT2D eigenvalue weighted by Gasteiger charge is -2.34. The maximum Gasteiger partial charge on any atom is 0.310 e. The van der Waals surface area contributed by atoms with Crippen molar-refractivity contribution >= 4 is 34.6 Å². The molecule has 154 valence electrons. The highest BCUT2D eigenvalue weighted by Crippen LogP contribution is 2.30. The third kappa shape index (κ3) is 5.36. The predicted octanol–water partition coefficient (Wildman–Crippen LogP) is 1.99. The summed E-state index contributed by atoms with van der Waals surface area (Å²) in [4.78, 5) is 26.7. The summed E-state index contributed by atoms with van der Waals surface area (Å²) in [6, 6.07) is 11.4. The van der Waals surface area contributed by atoms with Gasteiger partial charge in [-0.2, -0.15) is 0 Å². The lowest BCUT2D eigenvalue weighted by molar-refractivity contribution is -0.898. The number of piperazine rings is 1. The van der Waals surface area contributed by atoms with Crippen molar-refractivity contribution in [2.24, 2.45) is 0 Å². The minimum absolute atomic E-state index is 0.0534. The number of halogens is 1. The molecule has 1 heterocycles. The molecule has 0 unspecified atom stereocenters. The standard InChI is InChI=1S/C20H23ClN4O4/c1-2-23-9-11-24(12-10-23)17-8-7-15(21)13-16(17)22-20(26)14-29-19-6-4-3-5-18(19)25(27)28/h3-8,13H,2,9-12,14H2,1H3,(H,22,26)/p+1. The van der Waals surface area contributed by atoms with E-state index in [1.165, 1.54) is 12.1 Å². The molecule has 0 atom stereocenters. The van der Waals surface area contributed by atoms with E-state index in [1.54, 1.807) is 29.2 Å². The van der Waals surface area contributed by atoms with Gasteiger partial charge in [0.05, 0.1) is 49.0 Å². The number of nitro benzene ring substituents is 1. The van der Waals surface area contributed by atoms with Crippen molar-refractivity contribution in [3.8, 4) is 5.75 Å². The van der Waals surface area contributed by atoms with Crippen molar-refractivity contribution in [2.75, 3.05) is 49.5 Å². The van der Waals surface area contributed by atoms with Gasteiger partial charge in [-0.05, 0) is 31.2 Å². The molecule has 2 aromatic carbocycles. The molecule has 8 nitrogen and oxygen atoms in total. The molecular weight excluding hydrogens is 396 g/mol. The third-order valence-corrected chi connectivity index (χ3v) is 5.20. The molecular formula is C20H24ClN4O4+. The number of ether oxygens (including phenoxy) is 1. The van der Waals surface area contributed by atoms with Crippen LogP contribution in [0.5, 0.6) is 5.75 Å². The number of anilines is 2. The highest BCUT2D eigenvalue weighted by Gasteiger charge is 2.22. The van der Waals surface area contributed by atoms with E-state index in [0.29, 0.717) is 10.7 Å². The molecule has 1 aliphatic rings. The van der Waals surface area contributed by atoms with Gasteiger partial charge in [0.25, 0.3) is 5.91 Å². The quantitative estimate of drug-likeness (QED) is 0.529. The van der Waals surface area contributed by atoms with Crippen molar-refractivity contribution in [3.63, 3.8) is 0 Å². The second-order valence-electron chi connectivity index (χ2n) is 6.81. The van der Waals surface area contributed by atoms with Gasteiger partial charge >= 0.3 is 5.69 Å². The first kappa shape index (κ1) is 20.9. The van der Waals surface area contributed by atoms with Gasteiger partial charge in [-0.3, -0.25) is 14.9 Å². The number of quaternary nitrogens is 1. The Bertz CT molecular complexity index is 885. The van der Waals surface area contributed by atoms with Crippen molar-refractivity contribution in [1.29, 1.82) is 0 Å². The van der Waals surface area contributed by atoms with Crippen LogP contribution >= 0.6 is 11.6 Å². The Morgan fingerprint density at radius 3 is 2.69 bits per heavy atom. The molecule has 29 heavy (non-hydrogen) atoms. The summed E-state index contributed by atoms with van der Waals surface area (Å²) >= 11 is 6.13. The number of para-hydroxylation sites is 2. The highest BCUT2D eigenvalue weighted by atomic mass is 35.5. The topological polar surface area (TPSA) is 89.2 Å². The number of carbonyl (C=O) groups is 1. The number of hydrogen-bond acceptors (Lipinski definition) is 5. The van der Waals surface area contributed by atoms with Gasteiger partial charge in [0.15, 0.2) is 12.4 Å². The molecule has 0 saturated carbocycles. The molecule has 0 spiro atoms. The van der Waals surface area contributed by atoms with Crippen molar-refractivity contribution in [2.45, 2.75) is 6.92 Å². The van der Waals surface area contributed by atoms with Crippen molar-refractivity contribution in [3.05, 3.63) is 57.6 Å². The average Bonchev–Trinajstić information content (AvgIpc) is 2.72. The minimum Gasteiger partial charge on any atom is -0.477 e. The van der Waals surface area contributed by atoms with Crippen LogP contribution in [0.4, 0.5) is 17.1 Å². The van der Waals surface area contributed by atoms with Gasteiger partial charge in [0, 0.05) is 11.1 Å². The monoisotopic (exact) mass is 419 g/mol. The SMILES string of the molecule is CC[NH+]1CCN(c2ccc(Cl)cc2NC(=O)COc2ccccc2[N+](=O)[O-])CC1. The summed E-state index contributed by atoms with van der Waals surface area (Å²) in [6.07, 6.45) is 0. The summed E-state index contributed by atoms with van der Waals surface area (Å²) in [5.74, 6) is -0.359. The summed E-state index contributed by atoms with van der Waals surface area (Å²) in [6.45, 7) is 6.78. The molecule has 2 N–H and O–H groups in total. The van der Waals surface area contributed by atoms with E-state index in [0.717, 1.165) is 38.4 Å². The van der Waals surface area contributed by atoms with Crippen LogP contribution in [0.3, 0.4) is 0 Å². The van der Waals surface area contributed by atoms with E-state index < -0.39 is 10.8 Å². The van der Waals surface area contributed by atoms with E-state index in [-0.39, 0.29) is 18.0 Å². The van der Waals surface area contributed by atoms with Gasteiger partial charge in [-0.1, -0.05) is 23.7 Å². The molecule has 1 fully saturated rings. The molecule has 0 radical (unpaired) electrons. The molecule has 1 aliphatic heterocycles. The van der Waals surface area contributed by atoms with E-state index in [4.69, 9.17) is 16.3 Å². The fourth-order valence-electron chi connectivity index (χ4n) is 3.36. The number of amides is 1. The summed E-state index contributed by atoms with van der Waals surface area (Å²) < 4.78 is 5.37. The Kier molecular flexibility index (Phi) is 6.90. The predicted molar refractivity (Wildman–Crippen MR) is 112 cm³/mol. The molecule has 1 amide bonds. The van der Waals surface area contributed by atoms with Crippen LogP contribution in [0, 0.1) is 10.1 Å². The van der Waals surface area contributed by atoms with Gasteiger partial charge in [0.2, 0.25) is 0 Å². The zero-order valence-electron chi connectivity index (χ0n) is 16.2. The average molecular weight is 420 g/mol. The van der Waals surface area contributed by atoms with Crippen molar-refractivity contribution < 1.29 is 19.4 Å². The Morgan fingerprint density at radius 2 is 2.00 bits per heavy atom. The number of nitro groups is 1. The first-order chi connectivity index (χ1) is 14.0. The van der Waals surface area contributed by atoms with E-state index >= 15 is 0 Å². The van der Waals surface area contributed by atoms with E-state index in [9.17, 15) is 14.9 Å². The lowest BCUT2D eigenvalue weighted by Crippen LogP contribution is -3.14. The summed E-state index contributed by atoms with van der Waals surface area (Å²) in [5, 5.41) is 14.4. The number of benzene rings is 2. The zero-order chi connectivity index (χ0) is 20.8. The maximum atomic E-state index is 12.4. The molecule has 1 saturated heterocycles. The van der Waals surface area contributed by atoms with Gasteiger partial charge in [0.1, 0.15) is 0 Å². The van der Waals surface area contributed by atoms with E-state index in [1.807, 2.05) is 6.07 Å².